The Bertz CT molecular complexity index is 1560. The molecule has 0 atom stereocenters. The largest absolute Gasteiger partial charge is 0.444 e. The Balaban J connectivity index is 1.34. The standard InChI is InChI=1S/C28H31F3N8O6/c29-28(30,31)17-35-23-13-19(5-7-34-23)27-37-22(16-45-27)26(41)36-21-14-39(38-24(21)25(33)40)20-3-1-18(2-4-20)15-44-12-11-43-10-9-42-8-6-32/h1-5,7,13-14,16H,6,8-12,15,17,32H2,(H2,33,40)(H,34,35)(H,36,41). The summed E-state index contributed by atoms with van der Waals surface area (Å²) in [7, 11) is 0. The molecule has 6 N–H and O–H groups in total. The molecule has 0 radical (unpaired) electrons. The van der Waals surface area contributed by atoms with E-state index >= 15 is 0 Å². The average molecular weight is 633 g/mol. The smallest absolute Gasteiger partial charge is 0.405 e. The first kappa shape index (κ1) is 33.1. The van der Waals surface area contributed by atoms with Crippen molar-refractivity contribution in [2.75, 3.05) is 56.8 Å². The second-order valence-corrected chi connectivity index (χ2v) is 9.32. The molecular weight excluding hydrogens is 601 g/mol. The number of primary amides is 1. The Morgan fingerprint density at radius 1 is 1.00 bits per heavy atom. The number of rotatable bonds is 17. The van der Waals surface area contributed by atoms with E-state index < -0.39 is 24.5 Å². The highest BCUT2D eigenvalue weighted by Crippen LogP contribution is 2.23. The fourth-order valence-electron chi connectivity index (χ4n) is 3.79. The van der Waals surface area contributed by atoms with E-state index in [-0.39, 0.29) is 34.3 Å². The van der Waals surface area contributed by atoms with Crippen molar-refractivity contribution in [1.82, 2.24) is 19.7 Å². The zero-order chi connectivity index (χ0) is 32.2. The quantitative estimate of drug-likeness (QED) is 0.125. The molecule has 0 fully saturated rings. The Morgan fingerprint density at radius 3 is 2.40 bits per heavy atom. The third kappa shape index (κ3) is 10.1. The number of halogens is 3. The minimum Gasteiger partial charge on any atom is -0.444 e. The molecule has 3 heterocycles. The monoisotopic (exact) mass is 632 g/mol. The van der Waals surface area contributed by atoms with Gasteiger partial charge in [-0.3, -0.25) is 9.59 Å². The van der Waals surface area contributed by atoms with Crippen molar-refractivity contribution in [3.05, 3.63) is 72.0 Å². The molecule has 0 aliphatic rings. The van der Waals surface area contributed by atoms with Gasteiger partial charge >= 0.3 is 6.18 Å². The number of carbonyl (C=O) groups is 2. The maximum atomic E-state index is 12.9. The number of nitrogens with one attached hydrogen (secondary N) is 2. The van der Waals surface area contributed by atoms with Crippen LogP contribution in [0.4, 0.5) is 24.7 Å². The van der Waals surface area contributed by atoms with E-state index in [1.807, 2.05) is 12.1 Å². The van der Waals surface area contributed by atoms with E-state index in [1.54, 1.807) is 12.1 Å². The van der Waals surface area contributed by atoms with Crippen LogP contribution < -0.4 is 22.1 Å². The van der Waals surface area contributed by atoms with Crippen LogP contribution in [0.3, 0.4) is 0 Å². The lowest BCUT2D eigenvalue weighted by atomic mass is 10.2. The molecule has 0 saturated carbocycles. The fourth-order valence-corrected chi connectivity index (χ4v) is 3.79. The van der Waals surface area contributed by atoms with Crippen molar-refractivity contribution < 1.29 is 41.4 Å². The van der Waals surface area contributed by atoms with Gasteiger partial charge in [-0.1, -0.05) is 12.1 Å². The summed E-state index contributed by atoms with van der Waals surface area (Å²) < 4.78 is 60.5. The van der Waals surface area contributed by atoms with Gasteiger partial charge in [0.2, 0.25) is 5.89 Å². The molecule has 0 spiro atoms. The highest BCUT2D eigenvalue weighted by molar-refractivity contribution is 6.07. The fraction of sp³-hybridized carbons (Fsp3) is 0.321. The highest BCUT2D eigenvalue weighted by Gasteiger charge is 2.27. The molecule has 2 amide bonds. The zero-order valence-electron chi connectivity index (χ0n) is 23.9. The van der Waals surface area contributed by atoms with Crippen LogP contribution in [0.5, 0.6) is 0 Å². The summed E-state index contributed by atoms with van der Waals surface area (Å²) >= 11 is 0. The molecule has 4 rings (SSSR count). The number of pyridine rings is 1. The first-order chi connectivity index (χ1) is 21.6. The van der Waals surface area contributed by atoms with Crippen LogP contribution in [0.15, 0.2) is 59.5 Å². The summed E-state index contributed by atoms with van der Waals surface area (Å²) in [6, 6.07) is 9.90. The molecule has 0 bridgehead atoms. The lowest BCUT2D eigenvalue weighted by Crippen LogP contribution is -2.21. The van der Waals surface area contributed by atoms with Gasteiger partial charge in [-0.05, 0) is 29.8 Å². The number of nitrogens with two attached hydrogens (primary N) is 2. The van der Waals surface area contributed by atoms with Gasteiger partial charge in [0.1, 0.15) is 18.6 Å². The average Bonchev–Trinajstić information content (AvgIpc) is 3.68. The number of nitrogens with zero attached hydrogens (tertiary/aromatic N) is 4. The second kappa shape index (κ2) is 15.8. The molecule has 14 nitrogen and oxygen atoms in total. The van der Waals surface area contributed by atoms with Gasteiger partial charge < -0.3 is 40.7 Å². The van der Waals surface area contributed by atoms with Crippen LogP contribution in [-0.4, -0.2) is 83.9 Å². The van der Waals surface area contributed by atoms with Gasteiger partial charge in [-0.15, -0.1) is 0 Å². The number of ether oxygens (including phenoxy) is 3. The van der Waals surface area contributed by atoms with Crippen molar-refractivity contribution in [3.8, 4) is 17.1 Å². The summed E-state index contributed by atoms with van der Waals surface area (Å²) in [5.74, 6) is -1.71. The molecule has 0 aliphatic heterocycles. The minimum atomic E-state index is -4.43. The van der Waals surface area contributed by atoms with Crippen molar-refractivity contribution in [3.63, 3.8) is 0 Å². The molecule has 1 aromatic carbocycles. The van der Waals surface area contributed by atoms with Crippen molar-refractivity contribution in [2.24, 2.45) is 11.5 Å². The summed E-state index contributed by atoms with van der Waals surface area (Å²) in [5.41, 5.74) is 12.3. The third-order valence-corrected chi connectivity index (χ3v) is 5.89. The molecule has 0 unspecified atom stereocenters. The van der Waals surface area contributed by atoms with Crippen LogP contribution in [0.1, 0.15) is 26.5 Å². The molecule has 240 valence electrons. The zero-order valence-corrected chi connectivity index (χ0v) is 23.9. The van der Waals surface area contributed by atoms with Gasteiger partial charge in [-0.2, -0.15) is 18.3 Å². The van der Waals surface area contributed by atoms with E-state index in [1.165, 1.54) is 29.2 Å². The lowest BCUT2D eigenvalue weighted by Gasteiger charge is -2.08. The SMILES string of the molecule is NCCOCCOCCOCc1ccc(-n2cc(NC(=O)c3coc(-c4ccnc(NCC(F)(F)F)c4)n3)c(C(N)=O)n2)cc1. The molecule has 3 aromatic heterocycles. The molecule has 4 aromatic rings. The number of amides is 2. The van der Waals surface area contributed by atoms with Crippen LogP contribution in [0.2, 0.25) is 0 Å². The van der Waals surface area contributed by atoms with Crippen molar-refractivity contribution in [2.45, 2.75) is 12.8 Å². The normalized spacial score (nSPS) is 11.5. The van der Waals surface area contributed by atoms with Crippen LogP contribution in [-0.2, 0) is 20.8 Å². The number of hydrogen-bond donors (Lipinski definition) is 4. The first-order valence-corrected chi connectivity index (χ1v) is 13.6. The Hall–Kier alpha value is -4.84. The van der Waals surface area contributed by atoms with Crippen LogP contribution in [0.25, 0.3) is 17.1 Å². The van der Waals surface area contributed by atoms with E-state index in [9.17, 15) is 22.8 Å². The maximum absolute atomic E-state index is 12.9. The minimum absolute atomic E-state index is 0.0282. The van der Waals surface area contributed by atoms with Crippen molar-refractivity contribution >= 4 is 23.3 Å². The molecule has 0 saturated heterocycles. The summed E-state index contributed by atoms with van der Waals surface area (Å²) in [4.78, 5) is 32.9. The molecule has 0 aliphatic carbocycles. The van der Waals surface area contributed by atoms with Gasteiger partial charge in [0, 0.05) is 18.3 Å². The Kier molecular flexibility index (Phi) is 11.6. The predicted molar refractivity (Wildman–Crippen MR) is 155 cm³/mol. The summed E-state index contributed by atoms with van der Waals surface area (Å²) in [6.45, 7) is 1.79. The van der Waals surface area contributed by atoms with E-state index in [2.05, 4.69) is 25.7 Å². The number of hydrogen-bond acceptors (Lipinski definition) is 11. The highest BCUT2D eigenvalue weighted by atomic mass is 19.4. The third-order valence-electron chi connectivity index (χ3n) is 5.89. The van der Waals surface area contributed by atoms with Gasteiger partial charge in [0.25, 0.3) is 11.8 Å². The maximum Gasteiger partial charge on any atom is 0.405 e. The number of oxazole rings is 1. The van der Waals surface area contributed by atoms with E-state index in [4.69, 9.17) is 30.1 Å². The molecule has 17 heteroatoms. The van der Waals surface area contributed by atoms with E-state index in [0.29, 0.717) is 51.9 Å². The van der Waals surface area contributed by atoms with Crippen LogP contribution in [0, 0.1) is 0 Å². The number of benzene rings is 1. The topological polar surface area (TPSA) is 195 Å². The van der Waals surface area contributed by atoms with Gasteiger partial charge in [0.15, 0.2) is 11.4 Å². The summed E-state index contributed by atoms with van der Waals surface area (Å²) in [5, 5.41) is 8.90. The van der Waals surface area contributed by atoms with Gasteiger partial charge in [-0.25, -0.2) is 14.6 Å². The first-order valence-electron chi connectivity index (χ1n) is 13.6. The Labute approximate surface area is 254 Å². The van der Waals surface area contributed by atoms with Crippen LogP contribution >= 0.6 is 0 Å². The summed E-state index contributed by atoms with van der Waals surface area (Å²) in [6.07, 6.45) is -0.683. The lowest BCUT2D eigenvalue weighted by molar-refractivity contribution is -0.115. The number of aromatic nitrogens is 4. The Morgan fingerprint density at radius 2 is 1.71 bits per heavy atom. The predicted octanol–water partition coefficient (Wildman–Crippen LogP) is 2.76. The molecule has 45 heavy (non-hydrogen) atoms. The molecular formula is C28H31F3N8O6. The second-order valence-electron chi connectivity index (χ2n) is 9.32. The number of carbonyl (C=O) groups excluding carboxylic acids is 2. The van der Waals surface area contributed by atoms with Crippen molar-refractivity contribution in [1.29, 1.82) is 0 Å². The van der Waals surface area contributed by atoms with E-state index in [0.717, 1.165) is 11.8 Å². The number of alkyl halides is 3. The van der Waals surface area contributed by atoms with Gasteiger partial charge in [0.05, 0.1) is 57.2 Å². The number of anilines is 2.